The van der Waals surface area contributed by atoms with Gasteiger partial charge in [-0.05, 0) is 19.8 Å². The molecule has 0 spiro atoms. The molecule has 0 saturated heterocycles. The SMILES string of the molecule is COc1nc(C2CC2)ncc1C(C)C(=O)O. The molecule has 0 aromatic carbocycles. The van der Waals surface area contributed by atoms with Crippen LogP contribution in [0.1, 0.15) is 43.0 Å². The van der Waals surface area contributed by atoms with Crippen LogP contribution < -0.4 is 4.74 Å². The molecule has 0 radical (unpaired) electrons. The Balaban J connectivity index is 2.33. The third-order valence-electron chi connectivity index (χ3n) is 2.77. The molecule has 1 heterocycles. The van der Waals surface area contributed by atoms with Gasteiger partial charge in [0, 0.05) is 17.7 Å². The molecule has 1 atom stereocenters. The minimum absolute atomic E-state index is 0.381. The predicted octanol–water partition coefficient (Wildman–Crippen LogP) is 1.55. The van der Waals surface area contributed by atoms with Crippen LogP contribution in [0.3, 0.4) is 0 Å². The molecule has 0 amide bonds. The van der Waals surface area contributed by atoms with Crippen LogP contribution in [-0.2, 0) is 4.79 Å². The van der Waals surface area contributed by atoms with E-state index in [0.29, 0.717) is 17.4 Å². The fraction of sp³-hybridized carbons (Fsp3) is 0.545. The van der Waals surface area contributed by atoms with Crippen molar-refractivity contribution in [3.63, 3.8) is 0 Å². The number of carboxylic acids is 1. The second-order valence-electron chi connectivity index (χ2n) is 4.03. The smallest absolute Gasteiger partial charge is 0.310 e. The van der Waals surface area contributed by atoms with Crippen LogP contribution in [-0.4, -0.2) is 28.2 Å². The maximum absolute atomic E-state index is 10.9. The number of nitrogens with zero attached hydrogens (tertiary/aromatic N) is 2. The normalized spacial score (nSPS) is 16.9. The molecule has 1 aliphatic rings. The van der Waals surface area contributed by atoms with Crippen molar-refractivity contribution in [2.45, 2.75) is 31.6 Å². The molecule has 1 aliphatic carbocycles. The van der Waals surface area contributed by atoms with Crippen molar-refractivity contribution >= 4 is 5.97 Å². The summed E-state index contributed by atoms with van der Waals surface area (Å²) >= 11 is 0. The molecule has 1 N–H and O–H groups in total. The number of ether oxygens (including phenoxy) is 1. The van der Waals surface area contributed by atoms with Gasteiger partial charge in [-0.15, -0.1) is 0 Å². The molecule has 1 aromatic rings. The van der Waals surface area contributed by atoms with Crippen LogP contribution in [0, 0.1) is 0 Å². The summed E-state index contributed by atoms with van der Waals surface area (Å²) in [5.41, 5.74) is 0.527. The molecule has 16 heavy (non-hydrogen) atoms. The maximum atomic E-state index is 10.9. The Kier molecular flexibility index (Phi) is 2.77. The van der Waals surface area contributed by atoms with Crippen molar-refractivity contribution in [3.8, 4) is 5.88 Å². The lowest BCUT2D eigenvalue weighted by Gasteiger charge is -2.11. The van der Waals surface area contributed by atoms with Gasteiger partial charge in [0.2, 0.25) is 5.88 Å². The molecule has 1 unspecified atom stereocenters. The van der Waals surface area contributed by atoms with Crippen molar-refractivity contribution in [2.75, 3.05) is 7.11 Å². The van der Waals surface area contributed by atoms with E-state index >= 15 is 0 Å². The Morgan fingerprint density at radius 1 is 1.62 bits per heavy atom. The van der Waals surface area contributed by atoms with Crippen LogP contribution >= 0.6 is 0 Å². The van der Waals surface area contributed by atoms with Crippen LogP contribution in [0.15, 0.2) is 6.20 Å². The van der Waals surface area contributed by atoms with Crippen molar-refractivity contribution < 1.29 is 14.6 Å². The highest BCUT2D eigenvalue weighted by Gasteiger charge is 2.28. The highest BCUT2D eigenvalue weighted by molar-refractivity contribution is 5.76. The van der Waals surface area contributed by atoms with Gasteiger partial charge in [0.25, 0.3) is 0 Å². The summed E-state index contributed by atoms with van der Waals surface area (Å²) in [6.07, 6.45) is 3.78. The number of aliphatic carboxylic acids is 1. The lowest BCUT2D eigenvalue weighted by Crippen LogP contribution is -2.11. The molecule has 5 nitrogen and oxygen atoms in total. The average Bonchev–Trinajstić information content (AvgIpc) is 3.11. The Morgan fingerprint density at radius 2 is 2.31 bits per heavy atom. The molecule has 1 fully saturated rings. The fourth-order valence-corrected chi connectivity index (χ4v) is 1.52. The summed E-state index contributed by atoms with van der Waals surface area (Å²) < 4.78 is 5.12. The quantitative estimate of drug-likeness (QED) is 0.836. The molecule has 0 bridgehead atoms. The van der Waals surface area contributed by atoms with Gasteiger partial charge in [-0.2, -0.15) is 4.98 Å². The van der Waals surface area contributed by atoms with Gasteiger partial charge >= 0.3 is 5.97 Å². The summed E-state index contributed by atoms with van der Waals surface area (Å²) in [6, 6.07) is 0. The largest absolute Gasteiger partial charge is 0.481 e. The Morgan fingerprint density at radius 3 is 2.81 bits per heavy atom. The first-order valence-electron chi connectivity index (χ1n) is 5.27. The van der Waals surface area contributed by atoms with E-state index in [-0.39, 0.29) is 0 Å². The number of methoxy groups -OCH3 is 1. The molecule has 1 saturated carbocycles. The zero-order valence-corrected chi connectivity index (χ0v) is 9.30. The van der Waals surface area contributed by atoms with Crippen LogP contribution in [0.4, 0.5) is 0 Å². The van der Waals surface area contributed by atoms with Crippen LogP contribution in [0.2, 0.25) is 0 Å². The standard InChI is InChI=1S/C11H14N2O3/c1-6(11(14)15)8-5-12-9(7-3-4-7)13-10(8)16-2/h5-7H,3-4H2,1-2H3,(H,14,15). The van der Waals surface area contributed by atoms with Gasteiger partial charge in [0.15, 0.2) is 0 Å². The van der Waals surface area contributed by atoms with E-state index in [0.717, 1.165) is 18.7 Å². The number of aromatic nitrogens is 2. The summed E-state index contributed by atoms with van der Waals surface area (Å²) in [7, 11) is 1.50. The van der Waals surface area contributed by atoms with Crippen LogP contribution in [0.25, 0.3) is 0 Å². The maximum Gasteiger partial charge on any atom is 0.310 e. The van der Waals surface area contributed by atoms with Gasteiger partial charge in [-0.1, -0.05) is 0 Å². The van der Waals surface area contributed by atoms with Crippen molar-refractivity contribution in [3.05, 3.63) is 17.6 Å². The molecule has 1 aromatic heterocycles. The van der Waals surface area contributed by atoms with Gasteiger partial charge < -0.3 is 9.84 Å². The second-order valence-corrected chi connectivity index (χ2v) is 4.03. The van der Waals surface area contributed by atoms with Gasteiger partial charge in [-0.25, -0.2) is 4.98 Å². The summed E-state index contributed by atoms with van der Waals surface area (Å²) in [6.45, 7) is 1.60. The second kappa shape index (κ2) is 4.08. The van der Waals surface area contributed by atoms with E-state index in [9.17, 15) is 4.79 Å². The van der Waals surface area contributed by atoms with Crippen LogP contribution in [0.5, 0.6) is 5.88 Å². The number of hydrogen-bond donors (Lipinski definition) is 1. The molecule has 86 valence electrons. The monoisotopic (exact) mass is 222 g/mol. The van der Waals surface area contributed by atoms with E-state index in [4.69, 9.17) is 9.84 Å². The molecular weight excluding hydrogens is 208 g/mol. The van der Waals surface area contributed by atoms with E-state index in [1.54, 1.807) is 13.1 Å². The fourth-order valence-electron chi connectivity index (χ4n) is 1.52. The lowest BCUT2D eigenvalue weighted by atomic mass is 10.0. The van der Waals surface area contributed by atoms with Crippen molar-refractivity contribution in [1.29, 1.82) is 0 Å². The minimum Gasteiger partial charge on any atom is -0.481 e. The lowest BCUT2D eigenvalue weighted by molar-refractivity contribution is -0.138. The summed E-state index contributed by atoms with van der Waals surface area (Å²) in [5.74, 6) is 0.0253. The number of hydrogen-bond acceptors (Lipinski definition) is 4. The topological polar surface area (TPSA) is 72.3 Å². The number of rotatable bonds is 4. The average molecular weight is 222 g/mol. The van der Waals surface area contributed by atoms with E-state index < -0.39 is 11.9 Å². The third kappa shape index (κ3) is 1.98. The first-order chi connectivity index (χ1) is 7.63. The van der Waals surface area contributed by atoms with Crippen molar-refractivity contribution in [2.24, 2.45) is 0 Å². The highest BCUT2D eigenvalue weighted by Crippen LogP contribution is 2.39. The summed E-state index contributed by atoms with van der Waals surface area (Å²) in [4.78, 5) is 19.3. The van der Waals surface area contributed by atoms with Gasteiger partial charge in [0.1, 0.15) is 5.82 Å². The van der Waals surface area contributed by atoms with E-state index in [1.807, 2.05) is 0 Å². The van der Waals surface area contributed by atoms with Gasteiger partial charge in [-0.3, -0.25) is 4.79 Å². The first kappa shape index (κ1) is 10.9. The molecule has 0 aliphatic heterocycles. The Labute approximate surface area is 93.5 Å². The third-order valence-corrected chi connectivity index (χ3v) is 2.77. The van der Waals surface area contributed by atoms with Gasteiger partial charge in [0.05, 0.1) is 13.0 Å². The predicted molar refractivity (Wildman–Crippen MR) is 56.6 cm³/mol. The summed E-state index contributed by atoms with van der Waals surface area (Å²) in [5, 5.41) is 8.94. The van der Waals surface area contributed by atoms with E-state index in [2.05, 4.69) is 9.97 Å². The number of carboxylic acid groups (broad SMARTS) is 1. The van der Waals surface area contributed by atoms with Crippen molar-refractivity contribution in [1.82, 2.24) is 9.97 Å². The Hall–Kier alpha value is -1.65. The minimum atomic E-state index is -0.902. The molecular formula is C11H14N2O3. The highest BCUT2D eigenvalue weighted by atomic mass is 16.5. The molecule has 5 heteroatoms. The zero-order valence-electron chi connectivity index (χ0n) is 9.30. The number of carbonyl (C=O) groups is 1. The molecule has 2 rings (SSSR count). The first-order valence-corrected chi connectivity index (χ1v) is 5.27. The Bertz CT molecular complexity index is 416. The zero-order chi connectivity index (χ0) is 11.7. The van der Waals surface area contributed by atoms with E-state index in [1.165, 1.54) is 7.11 Å².